The van der Waals surface area contributed by atoms with E-state index in [1.807, 2.05) is 0 Å². The summed E-state index contributed by atoms with van der Waals surface area (Å²) in [7, 11) is 0. The molecule has 2 nitrogen and oxygen atoms in total. The molecule has 178 valence electrons. The molecule has 0 aliphatic heterocycles. The van der Waals surface area contributed by atoms with Gasteiger partial charge in [-0.1, -0.05) is 107 Å². The van der Waals surface area contributed by atoms with E-state index < -0.39 is 0 Å². The first-order chi connectivity index (χ1) is 14.2. The van der Waals surface area contributed by atoms with Crippen molar-refractivity contribution in [2.24, 2.45) is 0 Å². The van der Waals surface area contributed by atoms with E-state index in [0.29, 0.717) is 0 Å². The fraction of sp³-hybridized carbons (Fsp3) is 0.600. The van der Waals surface area contributed by atoms with Crippen LogP contribution in [0.25, 0.3) is 0 Å². The Morgan fingerprint density at radius 3 is 0.781 bits per heavy atom. The van der Waals surface area contributed by atoms with Crippen molar-refractivity contribution in [3.05, 3.63) is 57.6 Å². The third kappa shape index (κ3) is 5.88. The molecular weight excluding hydrogens is 388 g/mol. The zero-order valence-corrected chi connectivity index (χ0v) is 22.9. The molecule has 0 saturated heterocycles. The quantitative estimate of drug-likeness (QED) is 0.482. The summed E-state index contributed by atoms with van der Waals surface area (Å²) < 4.78 is 0. The van der Waals surface area contributed by atoms with Crippen LogP contribution in [-0.2, 0) is 34.5 Å². The van der Waals surface area contributed by atoms with Gasteiger partial charge in [0.15, 0.2) is 0 Å². The summed E-state index contributed by atoms with van der Waals surface area (Å²) >= 11 is 0. The molecule has 0 heterocycles. The Hall–Kier alpha value is -1.96. The van der Waals surface area contributed by atoms with Crippen LogP contribution in [0.2, 0.25) is 0 Å². The van der Waals surface area contributed by atoms with Gasteiger partial charge >= 0.3 is 0 Å². The summed E-state index contributed by atoms with van der Waals surface area (Å²) in [5, 5.41) is 0. The smallest absolute Gasteiger partial charge is 0.0390 e. The molecule has 2 aromatic rings. The molecule has 0 atom stereocenters. The normalized spacial score (nSPS) is 13.5. The van der Waals surface area contributed by atoms with E-state index in [1.165, 1.54) is 33.4 Å². The predicted octanol–water partition coefficient (Wildman–Crippen LogP) is 7.83. The lowest BCUT2D eigenvalue weighted by molar-refractivity contribution is 0.569. The van der Waals surface area contributed by atoms with E-state index in [0.717, 1.165) is 24.2 Å². The first kappa shape index (κ1) is 26.3. The largest absolute Gasteiger partial charge is 0.398 e. The molecular formula is C30H48N2. The Kier molecular flexibility index (Phi) is 6.93. The van der Waals surface area contributed by atoms with Crippen molar-refractivity contribution in [2.45, 2.75) is 118 Å². The van der Waals surface area contributed by atoms with E-state index in [1.54, 1.807) is 0 Å². The lowest BCUT2D eigenvalue weighted by Crippen LogP contribution is -2.22. The van der Waals surface area contributed by atoms with Gasteiger partial charge in [0.2, 0.25) is 0 Å². The molecule has 0 unspecified atom stereocenters. The van der Waals surface area contributed by atoms with Crippen LogP contribution >= 0.6 is 0 Å². The highest BCUT2D eigenvalue weighted by Gasteiger charge is 2.27. The number of nitrogen functional groups attached to an aromatic ring is 2. The number of hydrogen-bond donors (Lipinski definition) is 2. The fourth-order valence-corrected chi connectivity index (χ4v) is 4.49. The summed E-state index contributed by atoms with van der Waals surface area (Å²) in [5.41, 5.74) is 23.0. The first-order valence-corrected chi connectivity index (χ1v) is 12.1. The van der Waals surface area contributed by atoms with Crippen LogP contribution in [-0.4, -0.2) is 0 Å². The maximum Gasteiger partial charge on any atom is 0.0390 e. The molecule has 0 spiro atoms. The number of nitrogens with two attached hydrogens (primary N) is 2. The summed E-state index contributed by atoms with van der Waals surface area (Å²) in [6.07, 6.45) is 1.98. The van der Waals surface area contributed by atoms with Gasteiger partial charge in [-0.2, -0.15) is 0 Å². The van der Waals surface area contributed by atoms with Crippen LogP contribution in [0.15, 0.2) is 24.3 Å². The molecule has 32 heavy (non-hydrogen) atoms. The second kappa shape index (κ2) is 8.43. The van der Waals surface area contributed by atoms with Crippen molar-refractivity contribution in [3.63, 3.8) is 0 Å². The van der Waals surface area contributed by atoms with Crippen molar-refractivity contribution in [1.29, 1.82) is 0 Å². The highest BCUT2D eigenvalue weighted by molar-refractivity contribution is 5.62. The van der Waals surface area contributed by atoms with Gasteiger partial charge < -0.3 is 11.5 Å². The van der Waals surface area contributed by atoms with Crippen molar-refractivity contribution >= 4 is 11.4 Å². The number of anilines is 2. The number of rotatable bonds is 3. The van der Waals surface area contributed by atoms with Crippen molar-refractivity contribution in [3.8, 4) is 0 Å². The zero-order chi connectivity index (χ0) is 24.9. The van der Waals surface area contributed by atoms with Crippen LogP contribution in [0.5, 0.6) is 0 Å². The van der Waals surface area contributed by atoms with E-state index in [9.17, 15) is 0 Å². The monoisotopic (exact) mass is 436 g/mol. The molecule has 0 radical (unpaired) electrons. The summed E-state index contributed by atoms with van der Waals surface area (Å²) in [6.45, 7) is 27.0. The summed E-state index contributed by atoms with van der Waals surface area (Å²) in [4.78, 5) is 0. The van der Waals surface area contributed by atoms with E-state index in [4.69, 9.17) is 11.5 Å². The number of aryl methyl sites for hydroxylation is 2. The average molecular weight is 437 g/mol. The minimum atomic E-state index is 0.0140. The molecule has 2 aromatic carbocycles. The highest BCUT2D eigenvalue weighted by atomic mass is 14.6. The topological polar surface area (TPSA) is 52.0 Å². The van der Waals surface area contributed by atoms with Crippen molar-refractivity contribution in [1.82, 2.24) is 0 Å². The van der Waals surface area contributed by atoms with Gasteiger partial charge in [0, 0.05) is 11.4 Å². The molecule has 0 aromatic heterocycles. The van der Waals surface area contributed by atoms with Gasteiger partial charge in [-0.25, -0.2) is 0 Å². The third-order valence-corrected chi connectivity index (χ3v) is 6.41. The van der Waals surface area contributed by atoms with E-state index in [2.05, 4.69) is 107 Å². The van der Waals surface area contributed by atoms with Gasteiger partial charge in [0.25, 0.3) is 0 Å². The number of hydrogen-bond acceptors (Lipinski definition) is 2. The third-order valence-electron chi connectivity index (χ3n) is 6.41. The van der Waals surface area contributed by atoms with Crippen LogP contribution in [0.4, 0.5) is 11.4 Å². The van der Waals surface area contributed by atoms with Gasteiger partial charge in [-0.3, -0.25) is 0 Å². The second-order valence-electron chi connectivity index (χ2n) is 13.7. The molecule has 0 aliphatic rings. The van der Waals surface area contributed by atoms with Gasteiger partial charge in [0.1, 0.15) is 0 Å². The lowest BCUT2D eigenvalue weighted by atomic mass is 9.76. The maximum atomic E-state index is 6.67. The standard InChI is InChI=1S/C30H48N2/c1-27(2,3)21-15-19(16-22(25(21)31)28(4,5)6)13-14-20-17-23(29(7,8)9)26(32)24(18-20)30(10,11)12/h15-18H,13-14,31-32H2,1-12H3. The van der Waals surface area contributed by atoms with Crippen LogP contribution in [0.3, 0.4) is 0 Å². The Bertz CT molecular complexity index is 816. The molecule has 0 fully saturated rings. The molecule has 0 bridgehead atoms. The van der Waals surface area contributed by atoms with Crippen LogP contribution < -0.4 is 11.5 Å². The van der Waals surface area contributed by atoms with Crippen molar-refractivity contribution in [2.75, 3.05) is 11.5 Å². The Labute approximate surface area is 198 Å². The SMILES string of the molecule is CC(C)(C)c1cc(CCc2cc(C(C)(C)C)c(N)c(C(C)(C)C)c2)cc(C(C)(C)C)c1N. The Balaban J connectivity index is 2.55. The molecule has 2 rings (SSSR count). The summed E-state index contributed by atoms with van der Waals surface area (Å²) in [5.74, 6) is 0. The highest BCUT2D eigenvalue weighted by Crippen LogP contribution is 2.39. The number of benzene rings is 2. The van der Waals surface area contributed by atoms with Crippen LogP contribution in [0.1, 0.15) is 116 Å². The van der Waals surface area contributed by atoms with Gasteiger partial charge in [-0.05, 0) is 67.9 Å². The molecule has 2 heteroatoms. The maximum absolute atomic E-state index is 6.67. The fourth-order valence-electron chi connectivity index (χ4n) is 4.49. The first-order valence-electron chi connectivity index (χ1n) is 12.1. The lowest BCUT2D eigenvalue weighted by Gasteiger charge is -2.30. The zero-order valence-electron chi connectivity index (χ0n) is 22.9. The van der Waals surface area contributed by atoms with E-state index in [-0.39, 0.29) is 21.7 Å². The summed E-state index contributed by atoms with van der Waals surface area (Å²) in [6, 6.07) is 9.32. The average Bonchev–Trinajstić information content (AvgIpc) is 2.57. The second-order valence-corrected chi connectivity index (χ2v) is 13.7. The Morgan fingerprint density at radius 1 is 0.438 bits per heavy atom. The van der Waals surface area contributed by atoms with Crippen molar-refractivity contribution < 1.29 is 0 Å². The molecule has 0 saturated carbocycles. The molecule has 0 amide bonds. The predicted molar refractivity (Wildman–Crippen MR) is 144 cm³/mol. The van der Waals surface area contributed by atoms with Crippen LogP contribution in [0, 0.1) is 0 Å². The minimum Gasteiger partial charge on any atom is -0.398 e. The molecule has 0 aliphatic carbocycles. The van der Waals surface area contributed by atoms with E-state index >= 15 is 0 Å². The van der Waals surface area contributed by atoms with Gasteiger partial charge in [0.05, 0.1) is 0 Å². The Morgan fingerprint density at radius 2 is 0.625 bits per heavy atom. The minimum absolute atomic E-state index is 0.0140. The van der Waals surface area contributed by atoms with Gasteiger partial charge in [-0.15, -0.1) is 0 Å². The molecule has 4 N–H and O–H groups in total.